The third-order valence-corrected chi connectivity index (χ3v) is 2.82. The van der Waals surface area contributed by atoms with Crippen molar-refractivity contribution in [3.8, 4) is 0 Å². The summed E-state index contributed by atoms with van der Waals surface area (Å²) in [5, 5.41) is 17.7. The molecule has 19 heavy (non-hydrogen) atoms. The Labute approximate surface area is 110 Å². The van der Waals surface area contributed by atoms with Gasteiger partial charge in [0.25, 0.3) is 0 Å². The van der Waals surface area contributed by atoms with Crippen molar-refractivity contribution in [2.75, 3.05) is 6.54 Å². The van der Waals surface area contributed by atoms with Crippen LogP contribution in [0, 0.1) is 5.82 Å². The molecule has 1 aromatic carbocycles. The number of carbonyl (C=O) groups is 2. The SMILES string of the molecule is CC(C(=O)O)N(CCC(=O)O)Cc1ccc(F)cc1. The first kappa shape index (κ1) is 15.1. The van der Waals surface area contributed by atoms with E-state index in [1.54, 1.807) is 12.1 Å². The van der Waals surface area contributed by atoms with E-state index in [0.29, 0.717) is 0 Å². The van der Waals surface area contributed by atoms with Crippen LogP contribution < -0.4 is 0 Å². The number of carboxylic acids is 2. The highest BCUT2D eigenvalue weighted by molar-refractivity contribution is 5.73. The summed E-state index contributed by atoms with van der Waals surface area (Å²) in [5.41, 5.74) is 0.736. The molecule has 0 radical (unpaired) electrons. The van der Waals surface area contributed by atoms with Crippen LogP contribution in [0.1, 0.15) is 18.9 Å². The van der Waals surface area contributed by atoms with Crippen molar-refractivity contribution in [2.45, 2.75) is 25.9 Å². The van der Waals surface area contributed by atoms with E-state index in [4.69, 9.17) is 10.2 Å². The molecule has 0 saturated heterocycles. The minimum atomic E-state index is -1.02. The van der Waals surface area contributed by atoms with Gasteiger partial charge in [-0.15, -0.1) is 0 Å². The Kier molecular flexibility index (Phi) is 5.44. The third kappa shape index (κ3) is 5.05. The molecule has 0 aromatic heterocycles. The summed E-state index contributed by atoms with van der Waals surface area (Å²) in [6, 6.07) is 4.88. The zero-order valence-electron chi connectivity index (χ0n) is 10.5. The van der Waals surface area contributed by atoms with Gasteiger partial charge in [-0.1, -0.05) is 12.1 Å². The van der Waals surface area contributed by atoms with E-state index in [2.05, 4.69) is 0 Å². The monoisotopic (exact) mass is 269 g/mol. The van der Waals surface area contributed by atoms with Gasteiger partial charge in [-0.25, -0.2) is 4.39 Å². The molecule has 1 aromatic rings. The Morgan fingerprint density at radius 2 is 1.84 bits per heavy atom. The lowest BCUT2D eigenvalue weighted by atomic mass is 10.1. The predicted octanol–water partition coefficient (Wildman–Crippen LogP) is 1.58. The molecule has 1 rings (SSSR count). The van der Waals surface area contributed by atoms with Gasteiger partial charge in [-0.3, -0.25) is 14.5 Å². The Bertz CT molecular complexity index is 446. The highest BCUT2D eigenvalue weighted by atomic mass is 19.1. The first-order chi connectivity index (χ1) is 8.90. The van der Waals surface area contributed by atoms with Gasteiger partial charge in [0.1, 0.15) is 11.9 Å². The van der Waals surface area contributed by atoms with Crippen LogP contribution in [0.3, 0.4) is 0 Å². The van der Waals surface area contributed by atoms with Gasteiger partial charge in [-0.05, 0) is 24.6 Å². The van der Waals surface area contributed by atoms with Crippen LogP contribution >= 0.6 is 0 Å². The van der Waals surface area contributed by atoms with Crippen LogP contribution in [0.25, 0.3) is 0 Å². The van der Waals surface area contributed by atoms with Crippen molar-refractivity contribution in [1.82, 2.24) is 4.90 Å². The molecule has 0 fully saturated rings. The average molecular weight is 269 g/mol. The molecule has 1 unspecified atom stereocenters. The molecule has 0 aliphatic rings. The van der Waals surface area contributed by atoms with Crippen molar-refractivity contribution < 1.29 is 24.2 Å². The molecule has 0 heterocycles. The quantitative estimate of drug-likeness (QED) is 0.785. The van der Waals surface area contributed by atoms with E-state index in [9.17, 15) is 14.0 Å². The molecule has 2 N–H and O–H groups in total. The van der Waals surface area contributed by atoms with Crippen molar-refractivity contribution in [3.05, 3.63) is 35.6 Å². The van der Waals surface area contributed by atoms with Crippen LogP contribution in [0.4, 0.5) is 4.39 Å². The number of aliphatic carboxylic acids is 2. The maximum atomic E-state index is 12.8. The normalized spacial score (nSPS) is 12.4. The van der Waals surface area contributed by atoms with Crippen molar-refractivity contribution in [3.63, 3.8) is 0 Å². The van der Waals surface area contributed by atoms with E-state index < -0.39 is 18.0 Å². The van der Waals surface area contributed by atoms with Gasteiger partial charge < -0.3 is 10.2 Å². The summed E-state index contributed by atoms with van der Waals surface area (Å²) < 4.78 is 12.8. The number of hydrogen-bond acceptors (Lipinski definition) is 3. The summed E-state index contributed by atoms with van der Waals surface area (Å²) in [6.07, 6.45) is -0.140. The fourth-order valence-corrected chi connectivity index (χ4v) is 1.63. The van der Waals surface area contributed by atoms with Crippen LogP contribution in [0.2, 0.25) is 0 Å². The standard InChI is InChI=1S/C13H16FNO4/c1-9(13(18)19)15(7-6-12(16)17)8-10-2-4-11(14)5-3-10/h2-5,9H,6-8H2,1H3,(H,16,17)(H,18,19). The second-order valence-electron chi connectivity index (χ2n) is 4.25. The molecular weight excluding hydrogens is 253 g/mol. The molecule has 5 nitrogen and oxygen atoms in total. The Balaban J connectivity index is 2.75. The number of carboxylic acid groups (broad SMARTS) is 2. The van der Waals surface area contributed by atoms with E-state index in [1.165, 1.54) is 24.0 Å². The van der Waals surface area contributed by atoms with E-state index >= 15 is 0 Å². The lowest BCUT2D eigenvalue weighted by molar-refractivity contribution is -0.144. The van der Waals surface area contributed by atoms with Crippen LogP contribution in [0.15, 0.2) is 24.3 Å². The Morgan fingerprint density at radius 1 is 1.26 bits per heavy atom. The van der Waals surface area contributed by atoms with Gasteiger partial charge in [0.05, 0.1) is 6.42 Å². The summed E-state index contributed by atoms with van der Waals surface area (Å²) in [4.78, 5) is 23.1. The summed E-state index contributed by atoms with van der Waals surface area (Å²) in [5.74, 6) is -2.37. The highest BCUT2D eigenvalue weighted by Crippen LogP contribution is 2.10. The topological polar surface area (TPSA) is 77.8 Å². The highest BCUT2D eigenvalue weighted by Gasteiger charge is 2.21. The first-order valence-corrected chi connectivity index (χ1v) is 5.83. The molecule has 0 amide bonds. The van der Waals surface area contributed by atoms with Crippen molar-refractivity contribution in [2.24, 2.45) is 0 Å². The van der Waals surface area contributed by atoms with Gasteiger partial charge >= 0.3 is 11.9 Å². The molecule has 0 aliphatic carbocycles. The second-order valence-corrected chi connectivity index (χ2v) is 4.25. The first-order valence-electron chi connectivity index (χ1n) is 5.83. The minimum Gasteiger partial charge on any atom is -0.481 e. The minimum absolute atomic E-state index is 0.125. The fourth-order valence-electron chi connectivity index (χ4n) is 1.63. The molecule has 0 bridgehead atoms. The average Bonchev–Trinajstić information content (AvgIpc) is 2.35. The smallest absolute Gasteiger partial charge is 0.320 e. The molecular formula is C13H16FNO4. The molecule has 6 heteroatoms. The molecule has 1 atom stereocenters. The van der Waals surface area contributed by atoms with E-state index in [-0.39, 0.29) is 25.3 Å². The number of benzene rings is 1. The Morgan fingerprint density at radius 3 is 2.32 bits per heavy atom. The number of hydrogen-bond donors (Lipinski definition) is 2. The van der Waals surface area contributed by atoms with E-state index in [0.717, 1.165) is 5.56 Å². The van der Waals surface area contributed by atoms with Gasteiger partial charge in [0.2, 0.25) is 0 Å². The fraction of sp³-hybridized carbons (Fsp3) is 0.385. The second kappa shape index (κ2) is 6.84. The third-order valence-electron chi connectivity index (χ3n) is 2.82. The van der Waals surface area contributed by atoms with Crippen molar-refractivity contribution in [1.29, 1.82) is 0 Å². The zero-order chi connectivity index (χ0) is 14.4. The predicted molar refractivity (Wildman–Crippen MR) is 66.2 cm³/mol. The maximum absolute atomic E-state index is 12.8. The van der Waals surface area contributed by atoms with Gasteiger partial charge in [0, 0.05) is 13.1 Å². The zero-order valence-corrected chi connectivity index (χ0v) is 10.5. The Hall–Kier alpha value is -1.95. The summed E-state index contributed by atoms with van der Waals surface area (Å²) in [7, 11) is 0. The van der Waals surface area contributed by atoms with Gasteiger partial charge in [-0.2, -0.15) is 0 Å². The number of rotatable bonds is 7. The molecule has 104 valence electrons. The van der Waals surface area contributed by atoms with Crippen LogP contribution in [-0.2, 0) is 16.1 Å². The molecule has 0 spiro atoms. The largest absolute Gasteiger partial charge is 0.481 e. The van der Waals surface area contributed by atoms with Crippen LogP contribution in [-0.4, -0.2) is 39.6 Å². The summed E-state index contributed by atoms with van der Waals surface area (Å²) >= 11 is 0. The molecule has 0 aliphatic heterocycles. The number of halogens is 1. The maximum Gasteiger partial charge on any atom is 0.320 e. The van der Waals surface area contributed by atoms with Crippen LogP contribution in [0.5, 0.6) is 0 Å². The number of nitrogens with zero attached hydrogens (tertiary/aromatic N) is 1. The molecule has 0 saturated carbocycles. The summed E-state index contributed by atoms with van der Waals surface area (Å²) in [6.45, 7) is 1.88. The lowest BCUT2D eigenvalue weighted by Gasteiger charge is -2.25. The lowest BCUT2D eigenvalue weighted by Crippen LogP contribution is -2.39. The van der Waals surface area contributed by atoms with Gasteiger partial charge in [0.15, 0.2) is 0 Å². The van der Waals surface area contributed by atoms with E-state index in [1.807, 2.05) is 0 Å². The van der Waals surface area contributed by atoms with Crippen molar-refractivity contribution >= 4 is 11.9 Å².